The molecule has 0 spiro atoms. The molecule has 4 nitrogen and oxygen atoms in total. The molecule has 0 aromatic carbocycles. The molecule has 2 aliphatic rings. The number of nitrogens with zero attached hydrogens (tertiary/aromatic N) is 4. The number of rotatable bonds is 1. The van der Waals surface area contributed by atoms with Crippen molar-refractivity contribution in [3.05, 3.63) is 44.9 Å². The third-order valence-corrected chi connectivity index (χ3v) is 9.29. The second-order valence-corrected chi connectivity index (χ2v) is 12.0. The number of aromatic nitrogens is 4. The maximum Gasteiger partial charge on any atom is 0.224 e. The number of hydrogen-bond donors (Lipinski definition) is 0. The molecule has 2 fully saturated rings. The molecule has 4 rings (SSSR count). The lowest BCUT2D eigenvalue weighted by molar-refractivity contribution is 1.05. The van der Waals surface area contributed by atoms with E-state index in [1.54, 1.807) is 12.1 Å². The van der Waals surface area contributed by atoms with E-state index in [4.69, 9.17) is 49.4 Å². The van der Waals surface area contributed by atoms with Gasteiger partial charge in [0.25, 0.3) is 0 Å². The van der Waals surface area contributed by atoms with Gasteiger partial charge in [0.1, 0.15) is 10.3 Å². The zero-order valence-electron chi connectivity index (χ0n) is 16.7. The highest BCUT2D eigenvalue weighted by Gasteiger charge is 2.19. The molecule has 0 amide bonds. The van der Waals surface area contributed by atoms with E-state index >= 15 is 0 Å². The van der Waals surface area contributed by atoms with Gasteiger partial charge in [-0.15, -0.1) is 23.5 Å². The largest absolute Gasteiger partial charge is 0.226 e. The van der Waals surface area contributed by atoms with Crippen molar-refractivity contribution in [2.75, 3.05) is 28.1 Å². The quantitative estimate of drug-likeness (QED) is 0.258. The van der Waals surface area contributed by atoms with Crippen molar-refractivity contribution in [1.82, 2.24) is 19.9 Å². The van der Waals surface area contributed by atoms with E-state index in [1.807, 2.05) is 23.5 Å². The monoisotopic (exact) mass is 554 g/mol. The summed E-state index contributed by atoms with van der Waals surface area (Å²) >= 11 is 30.2. The van der Waals surface area contributed by atoms with Crippen LogP contribution in [-0.2, 0) is 0 Å². The minimum absolute atomic E-state index is 0. The smallest absolute Gasteiger partial charge is 0.224 e. The van der Waals surface area contributed by atoms with Crippen LogP contribution in [0.25, 0.3) is 0 Å². The molecule has 0 N–H and O–H groups in total. The number of thioether (sulfide) groups is 4. The van der Waals surface area contributed by atoms with Gasteiger partial charge < -0.3 is 0 Å². The molecule has 0 aliphatic carbocycles. The Labute approximate surface area is 212 Å². The van der Waals surface area contributed by atoms with Crippen LogP contribution in [-0.4, -0.2) is 48.0 Å². The molecule has 0 unspecified atom stereocenters. The fraction of sp³-hybridized carbons (Fsp3) is 0.529. The lowest BCUT2D eigenvalue weighted by Gasteiger charge is -2.20. The van der Waals surface area contributed by atoms with E-state index in [-0.39, 0.29) is 18.0 Å². The Morgan fingerprint density at radius 3 is 1.93 bits per heavy atom. The minimum atomic E-state index is 0. The maximum atomic E-state index is 5.82. The van der Waals surface area contributed by atoms with Crippen LogP contribution < -0.4 is 0 Å². The van der Waals surface area contributed by atoms with E-state index in [0.29, 0.717) is 14.9 Å². The second kappa shape index (κ2) is 16.4. The molecule has 2 saturated heterocycles. The zero-order chi connectivity index (χ0) is 22.2. The van der Waals surface area contributed by atoms with Crippen LogP contribution in [0, 0.1) is 0 Å². The van der Waals surface area contributed by atoms with E-state index < -0.39 is 0 Å². The average molecular weight is 556 g/mol. The predicted octanol–water partition coefficient (Wildman–Crippen LogP) is 8.13. The highest BCUT2D eigenvalue weighted by Crippen LogP contribution is 2.43. The van der Waals surface area contributed by atoms with Gasteiger partial charge in [0.15, 0.2) is 0 Å². The van der Waals surface area contributed by atoms with Crippen molar-refractivity contribution in [3.63, 3.8) is 0 Å². The molecule has 0 bridgehead atoms. The van der Waals surface area contributed by atoms with Gasteiger partial charge >= 0.3 is 0 Å². The number of hydrogen-bond acceptors (Lipinski definition) is 8. The van der Waals surface area contributed by atoms with Gasteiger partial charge in [0.2, 0.25) is 10.6 Å². The summed E-state index contributed by atoms with van der Waals surface area (Å²) in [4.78, 5) is 15.2. The summed E-state index contributed by atoms with van der Waals surface area (Å²) in [5, 5.41) is 2.54. The van der Waals surface area contributed by atoms with Crippen molar-refractivity contribution >= 4 is 93.5 Å². The Morgan fingerprint density at radius 2 is 1.48 bits per heavy atom. The summed E-state index contributed by atoms with van der Waals surface area (Å²) in [5.41, 5.74) is 0.935. The molecule has 164 valence electrons. The van der Waals surface area contributed by atoms with Crippen LogP contribution >= 0.6 is 93.5 Å². The van der Waals surface area contributed by atoms with E-state index in [1.165, 1.54) is 47.1 Å². The van der Waals surface area contributed by atoms with Crippen molar-refractivity contribution in [1.29, 1.82) is 0 Å². The molecular weight excluding hydrogens is 530 g/mol. The Kier molecular flexibility index (Phi) is 14.7. The minimum Gasteiger partial charge on any atom is -0.226 e. The summed E-state index contributed by atoms with van der Waals surface area (Å²) < 4.78 is 10.4. The topological polar surface area (TPSA) is 51.6 Å². The standard InChI is InChI=1S/C8H8Cl2N2S2.C4H2Cl2N2.C4H8S2.CH4.H2/c9-6-4-5(11-8(10)12-6)7-13-2-1-3-14-7;5-3-1-2-7-4(6)8-3;1-2-5-4-6-3-1;;/h4,7H,1-3H2;1-2H;1-4H2;1H4;1H/i;;;;1+1D. The van der Waals surface area contributed by atoms with Crippen molar-refractivity contribution in [2.45, 2.75) is 24.9 Å². The van der Waals surface area contributed by atoms with Crippen LogP contribution in [0.4, 0.5) is 0 Å². The molecule has 2 aliphatic heterocycles. The van der Waals surface area contributed by atoms with Gasteiger partial charge in [0.05, 0.1) is 10.3 Å². The first kappa shape index (κ1) is 26.0. The summed E-state index contributed by atoms with van der Waals surface area (Å²) in [6.45, 7) is 0. The molecule has 4 heterocycles. The SMILES string of the molecule is C.C1CSCSC1.Clc1cc(C2SCCCS2)nc(Cl)n1.Clc1ccnc(Cl)n1.[2H][2H]. The van der Waals surface area contributed by atoms with Gasteiger partial charge in [0, 0.05) is 14.3 Å². The number of halogens is 4. The van der Waals surface area contributed by atoms with Crippen molar-refractivity contribution in [3.8, 4) is 0 Å². The van der Waals surface area contributed by atoms with Crippen molar-refractivity contribution < 1.29 is 2.97 Å². The molecule has 0 saturated carbocycles. The lowest BCUT2D eigenvalue weighted by atomic mass is 10.4. The van der Waals surface area contributed by atoms with Crippen LogP contribution in [0.15, 0.2) is 18.3 Å². The van der Waals surface area contributed by atoms with Crippen molar-refractivity contribution in [2.24, 2.45) is 0 Å². The average Bonchev–Trinajstić information content (AvgIpc) is 2.77. The Morgan fingerprint density at radius 1 is 0.862 bits per heavy atom. The van der Waals surface area contributed by atoms with E-state index in [9.17, 15) is 0 Å². The molecule has 0 atom stereocenters. The van der Waals surface area contributed by atoms with Crippen LogP contribution in [0.1, 0.15) is 33.5 Å². The molecule has 29 heavy (non-hydrogen) atoms. The van der Waals surface area contributed by atoms with Crippen LogP contribution in [0.3, 0.4) is 0 Å². The van der Waals surface area contributed by atoms with Gasteiger partial charge in [-0.1, -0.05) is 30.6 Å². The normalized spacial score (nSPS) is 16.7. The van der Waals surface area contributed by atoms with Crippen LogP contribution in [0.5, 0.6) is 0 Å². The third-order valence-electron chi connectivity index (χ3n) is 3.09. The lowest BCUT2D eigenvalue weighted by Crippen LogP contribution is -2.03. The molecule has 2 aromatic heterocycles. The Hall–Kier alpha value is 0.720. The van der Waals surface area contributed by atoms with Gasteiger partial charge in [-0.3, -0.25) is 0 Å². The summed E-state index contributed by atoms with van der Waals surface area (Å²) in [6.07, 6.45) is 4.19. The molecule has 2 aromatic rings. The predicted molar refractivity (Wildman–Crippen MR) is 140 cm³/mol. The summed E-state index contributed by atoms with van der Waals surface area (Å²) in [5.74, 6) is 5.15. The second-order valence-electron chi connectivity index (χ2n) is 5.25. The molecule has 12 heteroatoms. The summed E-state index contributed by atoms with van der Waals surface area (Å²) in [7, 11) is 0. The van der Waals surface area contributed by atoms with E-state index in [2.05, 4.69) is 43.5 Å². The fourth-order valence-corrected chi connectivity index (χ4v) is 7.76. The first-order valence-electron chi connectivity index (χ1n) is 9.27. The Balaban J connectivity index is 0.000000451. The molecular formula is C17H24Cl4N4S4. The summed E-state index contributed by atoms with van der Waals surface area (Å²) in [6, 6.07) is 3.36. The first-order valence-corrected chi connectivity index (χ1v) is 14.2. The van der Waals surface area contributed by atoms with Gasteiger partial charge in [-0.05, 0) is 71.2 Å². The van der Waals surface area contributed by atoms with Gasteiger partial charge in [-0.25, -0.2) is 19.9 Å². The van der Waals surface area contributed by atoms with Gasteiger partial charge in [-0.2, -0.15) is 23.5 Å². The first-order chi connectivity index (χ1) is 14.5. The third kappa shape index (κ3) is 12.4. The van der Waals surface area contributed by atoms with E-state index in [0.717, 1.165) is 5.69 Å². The highest BCUT2D eigenvalue weighted by molar-refractivity contribution is 8.17. The van der Waals surface area contributed by atoms with Crippen LogP contribution in [0.2, 0.25) is 20.9 Å². The highest BCUT2D eigenvalue weighted by atomic mass is 35.5. The Bertz CT molecular complexity index is 681. The maximum absolute atomic E-state index is 5.82. The fourth-order valence-electron chi connectivity index (χ4n) is 1.94. The zero-order valence-corrected chi connectivity index (χ0v) is 21.0. The molecule has 0 radical (unpaired) electrons.